The van der Waals surface area contributed by atoms with Crippen molar-refractivity contribution in [2.24, 2.45) is 0 Å². The van der Waals surface area contributed by atoms with E-state index in [2.05, 4.69) is 49.4 Å². The maximum atomic E-state index is 5.22. The summed E-state index contributed by atoms with van der Waals surface area (Å²) in [6.07, 6.45) is 2.38. The van der Waals surface area contributed by atoms with E-state index in [-0.39, 0.29) is 0 Å². The number of rotatable bonds is 6. The van der Waals surface area contributed by atoms with Crippen LogP contribution in [0.5, 0.6) is 5.75 Å². The molecule has 0 bridgehead atoms. The Labute approximate surface area is 120 Å². The van der Waals surface area contributed by atoms with Crippen molar-refractivity contribution in [1.29, 1.82) is 0 Å². The Morgan fingerprint density at radius 1 is 1.00 bits per heavy atom. The lowest BCUT2D eigenvalue weighted by Crippen LogP contribution is -1.94. The lowest BCUT2D eigenvalue weighted by atomic mass is 10.1. The molecule has 1 atom stereocenters. The largest absolute Gasteiger partial charge is 0.497 e. The van der Waals surface area contributed by atoms with E-state index < -0.39 is 0 Å². The van der Waals surface area contributed by atoms with Gasteiger partial charge in [-0.15, -0.1) is 11.8 Å². The highest BCUT2D eigenvalue weighted by molar-refractivity contribution is 7.99. The topological polar surface area (TPSA) is 9.23 Å². The Morgan fingerprint density at radius 3 is 2.26 bits per heavy atom. The zero-order valence-corrected chi connectivity index (χ0v) is 12.3. The van der Waals surface area contributed by atoms with Gasteiger partial charge in [-0.05, 0) is 36.2 Å². The highest BCUT2D eigenvalue weighted by atomic mass is 32.2. The maximum Gasteiger partial charge on any atom is 0.118 e. The number of ether oxygens (including phenoxy) is 1. The van der Waals surface area contributed by atoms with Gasteiger partial charge in [-0.3, -0.25) is 0 Å². The average molecular weight is 272 g/mol. The molecule has 0 radical (unpaired) electrons. The van der Waals surface area contributed by atoms with E-state index in [0.717, 1.165) is 5.75 Å². The van der Waals surface area contributed by atoms with Gasteiger partial charge in [0.1, 0.15) is 5.75 Å². The lowest BCUT2D eigenvalue weighted by molar-refractivity contribution is 0.414. The van der Waals surface area contributed by atoms with Crippen LogP contribution in [0.3, 0.4) is 0 Å². The fraction of sp³-hybridized carbons (Fsp3) is 0.294. The van der Waals surface area contributed by atoms with Crippen LogP contribution in [0, 0.1) is 0 Å². The van der Waals surface area contributed by atoms with Gasteiger partial charge < -0.3 is 4.74 Å². The fourth-order valence-electron chi connectivity index (χ4n) is 2.04. The number of benzene rings is 2. The Bertz CT molecular complexity index is 478. The van der Waals surface area contributed by atoms with Gasteiger partial charge in [0.25, 0.3) is 0 Å². The van der Waals surface area contributed by atoms with Crippen LogP contribution in [0.2, 0.25) is 0 Å². The van der Waals surface area contributed by atoms with E-state index in [9.17, 15) is 0 Å². The third-order valence-corrected chi connectivity index (χ3v) is 4.40. The van der Waals surface area contributed by atoms with Crippen molar-refractivity contribution in [3.63, 3.8) is 0 Å². The quantitative estimate of drug-likeness (QED) is 0.657. The Hall–Kier alpha value is -1.41. The molecular weight excluding hydrogens is 252 g/mol. The predicted molar refractivity (Wildman–Crippen MR) is 82.9 cm³/mol. The third kappa shape index (κ3) is 4.03. The zero-order valence-electron chi connectivity index (χ0n) is 11.5. The van der Waals surface area contributed by atoms with Gasteiger partial charge in [-0.25, -0.2) is 0 Å². The molecule has 0 amide bonds. The molecule has 1 nitrogen and oxygen atoms in total. The second-order valence-electron chi connectivity index (χ2n) is 4.48. The van der Waals surface area contributed by atoms with Crippen molar-refractivity contribution in [2.45, 2.75) is 29.9 Å². The van der Waals surface area contributed by atoms with Gasteiger partial charge >= 0.3 is 0 Å². The summed E-state index contributed by atoms with van der Waals surface area (Å²) in [5.74, 6) is 0.920. The van der Waals surface area contributed by atoms with Crippen molar-refractivity contribution >= 4 is 11.8 Å². The van der Waals surface area contributed by atoms with Crippen LogP contribution >= 0.6 is 11.8 Å². The summed E-state index contributed by atoms with van der Waals surface area (Å²) in [4.78, 5) is 1.33. The van der Waals surface area contributed by atoms with Crippen molar-refractivity contribution in [3.05, 3.63) is 60.2 Å². The van der Waals surface area contributed by atoms with E-state index in [1.165, 1.54) is 23.3 Å². The molecule has 100 valence electrons. The summed E-state index contributed by atoms with van der Waals surface area (Å²) < 4.78 is 5.22. The molecule has 2 heteroatoms. The Balaban J connectivity index is 2.14. The first-order valence-corrected chi connectivity index (χ1v) is 7.57. The minimum Gasteiger partial charge on any atom is -0.497 e. The second kappa shape index (κ2) is 7.25. The SMILES string of the molecule is CCCC(Sc1ccccc1)c1ccc(OC)cc1. The molecule has 0 fully saturated rings. The second-order valence-corrected chi connectivity index (χ2v) is 5.76. The van der Waals surface area contributed by atoms with E-state index in [1.807, 2.05) is 23.9 Å². The molecule has 0 aliphatic heterocycles. The molecule has 0 aromatic heterocycles. The molecule has 0 heterocycles. The first-order chi connectivity index (χ1) is 9.33. The van der Waals surface area contributed by atoms with Gasteiger partial charge in [-0.2, -0.15) is 0 Å². The third-order valence-electron chi connectivity index (χ3n) is 3.06. The summed E-state index contributed by atoms with van der Waals surface area (Å²) in [5.41, 5.74) is 1.37. The van der Waals surface area contributed by atoms with Gasteiger partial charge in [0.15, 0.2) is 0 Å². The molecule has 0 saturated carbocycles. The summed E-state index contributed by atoms with van der Waals surface area (Å²) in [6.45, 7) is 2.24. The van der Waals surface area contributed by atoms with Crippen LogP contribution in [-0.2, 0) is 0 Å². The number of hydrogen-bond acceptors (Lipinski definition) is 2. The summed E-state index contributed by atoms with van der Waals surface area (Å²) in [5, 5.41) is 0.512. The summed E-state index contributed by atoms with van der Waals surface area (Å²) in [7, 11) is 1.71. The van der Waals surface area contributed by atoms with Crippen molar-refractivity contribution in [2.75, 3.05) is 7.11 Å². The molecule has 2 rings (SSSR count). The minimum atomic E-state index is 0.512. The van der Waals surface area contributed by atoms with Crippen LogP contribution in [0.25, 0.3) is 0 Å². The zero-order chi connectivity index (χ0) is 13.5. The number of hydrogen-bond donors (Lipinski definition) is 0. The molecule has 2 aromatic rings. The van der Waals surface area contributed by atoms with Crippen LogP contribution in [0.4, 0.5) is 0 Å². The molecule has 0 aliphatic carbocycles. The van der Waals surface area contributed by atoms with Gasteiger partial charge in [0.05, 0.1) is 7.11 Å². The number of methoxy groups -OCH3 is 1. The molecule has 1 unspecified atom stereocenters. The van der Waals surface area contributed by atoms with Gasteiger partial charge in [-0.1, -0.05) is 43.7 Å². The van der Waals surface area contributed by atoms with Crippen molar-refractivity contribution < 1.29 is 4.74 Å². The lowest BCUT2D eigenvalue weighted by Gasteiger charge is -2.16. The van der Waals surface area contributed by atoms with E-state index in [0.29, 0.717) is 5.25 Å². The molecule has 0 N–H and O–H groups in total. The number of thioether (sulfide) groups is 1. The smallest absolute Gasteiger partial charge is 0.118 e. The molecule has 0 saturated heterocycles. The molecule has 0 spiro atoms. The van der Waals surface area contributed by atoms with E-state index in [1.54, 1.807) is 7.11 Å². The summed E-state index contributed by atoms with van der Waals surface area (Å²) >= 11 is 1.94. The standard InChI is InChI=1S/C17H20OS/c1-3-7-17(19-16-8-5-4-6-9-16)14-10-12-15(18-2)13-11-14/h4-6,8-13,17H,3,7H2,1-2H3. The first-order valence-electron chi connectivity index (χ1n) is 6.69. The van der Waals surface area contributed by atoms with Crippen LogP contribution in [-0.4, -0.2) is 7.11 Å². The van der Waals surface area contributed by atoms with Crippen molar-refractivity contribution in [1.82, 2.24) is 0 Å². The highest BCUT2D eigenvalue weighted by Gasteiger charge is 2.12. The van der Waals surface area contributed by atoms with Crippen LogP contribution in [0.15, 0.2) is 59.5 Å². The molecule has 2 aromatic carbocycles. The Morgan fingerprint density at radius 2 is 1.68 bits per heavy atom. The molecular formula is C17H20OS. The maximum absolute atomic E-state index is 5.22. The minimum absolute atomic E-state index is 0.512. The van der Waals surface area contributed by atoms with Gasteiger partial charge in [0.2, 0.25) is 0 Å². The van der Waals surface area contributed by atoms with Crippen LogP contribution < -0.4 is 4.74 Å². The van der Waals surface area contributed by atoms with Crippen LogP contribution in [0.1, 0.15) is 30.6 Å². The highest BCUT2D eigenvalue weighted by Crippen LogP contribution is 2.38. The van der Waals surface area contributed by atoms with Gasteiger partial charge in [0, 0.05) is 10.1 Å². The monoisotopic (exact) mass is 272 g/mol. The average Bonchev–Trinajstić information content (AvgIpc) is 2.48. The molecule has 19 heavy (non-hydrogen) atoms. The fourth-order valence-corrected chi connectivity index (χ4v) is 3.33. The van der Waals surface area contributed by atoms with E-state index in [4.69, 9.17) is 4.74 Å². The molecule has 0 aliphatic rings. The predicted octanol–water partition coefficient (Wildman–Crippen LogP) is 5.33. The Kier molecular flexibility index (Phi) is 5.34. The first kappa shape index (κ1) is 14.0. The van der Waals surface area contributed by atoms with Crippen molar-refractivity contribution in [3.8, 4) is 5.75 Å². The summed E-state index contributed by atoms with van der Waals surface area (Å²) in [6, 6.07) is 19.1. The van der Waals surface area contributed by atoms with E-state index >= 15 is 0 Å². The normalized spacial score (nSPS) is 12.1.